The lowest BCUT2D eigenvalue weighted by Gasteiger charge is -2.10. The first-order chi connectivity index (χ1) is 11.9. The first kappa shape index (κ1) is 13.2. The van der Waals surface area contributed by atoms with Crippen molar-refractivity contribution in [3.63, 3.8) is 0 Å². The standard InChI is InChI=1S/C22H16N2/c1-2-12-23(11-1)19-7-9-21-17(15-19)5-6-18-16-20(8-10-22(18)21)24-13-3-4-14-24/h1-16H. The Bertz CT molecular complexity index is 1040. The molecule has 24 heavy (non-hydrogen) atoms. The highest BCUT2D eigenvalue weighted by Gasteiger charge is 2.04. The van der Waals surface area contributed by atoms with Crippen molar-refractivity contribution in [2.24, 2.45) is 0 Å². The van der Waals surface area contributed by atoms with E-state index < -0.39 is 0 Å². The van der Waals surface area contributed by atoms with Crippen LogP contribution in [-0.4, -0.2) is 9.13 Å². The zero-order valence-electron chi connectivity index (χ0n) is 13.1. The van der Waals surface area contributed by atoms with Crippen molar-refractivity contribution in [1.82, 2.24) is 9.13 Å². The average Bonchev–Trinajstić information content (AvgIpc) is 3.34. The number of rotatable bonds is 2. The summed E-state index contributed by atoms with van der Waals surface area (Å²) >= 11 is 0. The Kier molecular flexibility index (Phi) is 2.83. The molecule has 3 aromatic carbocycles. The van der Waals surface area contributed by atoms with Crippen LogP contribution in [0.2, 0.25) is 0 Å². The summed E-state index contributed by atoms with van der Waals surface area (Å²) in [5.41, 5.74) is 2.38. The second-order valence-electron chi connectivity index (χ2n) is 6.06. The van der Waals surface area contributed by atoms with E-state index in [1.165, 1.54) is 32.9 Å². The van der Waals surface area contributed by atoms with Crippen molar-refractivity contribution in [1.29, 1.82) is 0 Å². The maximum Gasteiger partial charge on any atom is 0.0455 e. The summed E-state index contributed by atoms with van der Waals surface area (Å²) in [4.78, 5) is 0. The van der Waals surface area contributed by atoms with Crippen molar-refractivity contribution in [2.75, 3.05) is 0 Å². The molecule has 0 spiro atoms. The van der Waals surface area contributed by atoms with E-state index >= 15 is 0 Å². The SMILES string of the molecule is c1ccn(-c2ccc3c(ccc4cc(-n5cccc5)ccc43)c2)c1. The third-order valence-corrected chi connectivity index (χ3v) is 4.61. The molecule has 0 saturated heterocycles. The quantitative estimate of drug-likeness (QED) is 0.377. The zero-order chi connectivity index (χ0) is 15.9. The van der Waals surface area contributed by atoms with Gasteiger partial charge in [0.05, 0.1) is 0 Å². The second-order valence-corrected chi connectivity index (χ2v) is 6.06. The molecule has 5 rings (SSSR count). The van der Waals surface area contributed by atoms with Gasteiger partial charge < -0.3 is 9.13 Å². The minimum absolute atomic E-state index is 1.19. The van der Waals surface area contributed by atoms with Gasteiger partial charge in [-0.15, -0.1) is 0 Å². The van der Waals surface area contributed by atoms with Gasteiger partial charge in [0.15, 0.2) is 0 Å². The summed E-state index contributed by atoms with van der Waals surface area (Å²) in [6, 6.07) is 25.9. The molecule has 0 aliphatic carbocycles. The molecule has 0 aliphatic rings. The van der Waals surface area contributed by atoms with Gasteiger partial charge in [-0.25, -0.2) is 0 Å². The first-order valence-corrected chi connectivity index (χ1v) is 8.12. The zero-order valence-corrected chi connectivity index (χ0v) is 13.1. The summed E-state index contributed by atoms with van der Waals surface area (Å²) in [5, 5.41) is 5.12. The molecule has 0 radical (unpaired) electrons. The van der Waals surface area contributed by atoms with Gasteiger partial charge in [0.2, 0.25) is 0 Å². The minimum atomic E-state index is 1.19. The van der Waals surface area contributed by atoms with Crippen molar-refractivity contribution in [3.05, 3.63) is 97.6 Å². The molecule has 0 unspecified atom stereocenters. The number of fused-ring (bicyclic) bond motifs is 3. The highest BCUT2D eigenvalue weighted by molar-refractivity contribution is 6.08. The van der Waals surface area contributed by atoms with Crippen LogP contribution in [0.5, 0.6) is 0 Å². The lowest BCUT2D eigenvalue weighted by atomic mass is 10.0. The Labute approximate surface area is 140 Å². The molecule has 2 nitrogen and oxygen atoms in total. The second kappa shape index (κ2) is 5.14. The van der Waals surface area contributed by atoms with E-state index in [9.17, 15) is 0 Å². The molecular formula is C22H16N2. The number of hydrogen-bond acceptors (Lipinski definition) is 0. The Morgan fingerprint density at radius 3 is 1.29 bits per heavy atom. The third kappa shape index (κ3) is 2.04. The van der Waals surface area contributed by atoms with Crippen LogP contribution in [0.4, 0.5) is 0 Å². The Morgan fingerprint density at radius 1 is 0.458 bits per heavy atom. The van der Waals surface area contributed by atoms with E-state index in [0.717, 1.165) is 0 Å². The lowest BCUT2D eigenvalue weighted by Crippen LogP contribution is -1.91. The summed E-state index contributed by atoms with van der Waals surface area (Å²) in [5.74, 6) is 0. The number of benzene rings is 3. The molecular weight excluding hydrogens is 292 g/mol. The normalized spacial score (nSPS) is 11.3. The molecule has 0 saturated carbocycles. The highest BCUT2D eigenvalue weighted by atomic mass is 14.9. The number of hydrogen-bond donors (Lipinski definition) is 0. The van der Waals surface area contributed by atoms with Gasteiger partial charge in [-0.2, -0.15) is 0 Å². The summed E-state index contributed by atoms with van der Waals surface area (Å²) in [6.45, 7) is 0. The van der Waals surface area contributed by atoms with Gasteiger partial charge in [0.25, 0.3) is 0 Å². The minimum Gasteiger partial charge on any atom is -0.324 e. The fourth-order valence-corrected chi connectivity index (χ4v) is 3.38. The van der Waals surface area contributed by atoms with Crippen LogP contribution in [0.15, 0.2) is 97.6 Å². The van der Waals surface area contributed by atoms with Crippen LogP contribution in [0.3, 0.4) is 0 Å². The number of nitrogens with zero attached hydrogens (tertiary/aromatic N) is 2. The van der Waals surface area contributed by atoms with Gasteiger partial charge in [0.1, 0.15) is 0 Å². The summed E-state index contributed by atoms with van der Waals surface area (Å²) in [7, 11) is 0. The van der Waals surface area contributed by atoms with Crippen molar-refractivity contribution in [2.45, 2.75) is 0 Å². The molecule has 0 N–H and O–H groups in total. The lowest BCUT2D eigenvalue weighted by molar-refractivity contribution is 1.08. The maximum atomic E-state index is 2.24. The maximum absolute atomic E-state index is 2.24. The monoisotopic (exact) mass is 308 g/mol. The van der Waals surface area contributed by atoms with Crippen LogP contribution in [-0.2, 0) is 0 Å². The van der Waals surface area contributed by atoms with Crippen LogP contribution < -0.4 is 0 Å². The largest absolute Gasteiger partial charge is 0.324 e. The van der Waals surface area contributed by atoms with Crippen molar-refractivity contribution >= 4 is 21.5 Å². The van der Waals surface area contributed by atoms with Crippen LogP contribution in [0, 0.1) is 0 Å². The van der Waals surface area contributed by atoms with Gasteiger partial charge in [0, 0.05) is 36.2 Å². The van der Waals surface area contributed by atoms with Crippen LogP contribution in [0.25, 0.3) is 32.9 Å². The molecule has 2 aromatic heterocycles. The van der Waals surface area contributed by atoms with Gasteiger partial charge in [-0.1, -0.05) is 24.3 Å². The molecule has 2 heteroatoms. The Balaban J connectivity index is 1.70. The van der Waals surface area contributed by atoms with Crippen LogP contribution in [0.1, 0.15) is 0 Å². The highest BCUT2D eigenvalue weighted by Crippen LogP contribution is 2.28. The summed E-state index contributed by atoms with van der Waals surface area (Å²) < 4.78 is 4.28. The van der Waals surface area contributed by atoms with E-state index in [1.807, 2.05) is 24.3 Å². The van der Waals surface area contributed by atoms with Gasteiger partial charge >= 0.3 is 0 Å². The smallest absolute Gasteiger partial charge is 0.0455 e. The van der Waals surface area contributed by atoms with E-state index in [2.05, 4.69) is 82.5 Å². The Morgan fingerprint density at radius 2 is 0.875 bits per heavy atom. The first-order valence-electron chi connectivity index (χ1n) is 8.12. The van der Waals surface area contributed by atoms with Crippen LogP contribution >= 0.6 is 0 Å². The summed E-state index contributed by atoms with van der Waals surface area (Å²) in [6.07, 6.45) is 8.30. The van der Waals surface area contributed by atoms with E-state index in [-0.39, 0.29) is 0 Å². The molecule has 0 aliphatic heterocycles. The molecule has 114 valence electrons. The van der Waals surface area contributed by atoms with Gasteiger partial charge in [-0.05, 0) is 70.1 Å². The van der Waals surface area contributed by atoms with Gasteiger partial charge in [-0.3, -0.25) is 0 Å². The molecule has 2 heterocycles. The molecule has 0 atom stereocenters. The third-order valence-electron chi connectivity index (χ3n) is 4.61. The fourth-order valence-electron chi connectivity index (χ4n) is 3.38. The predicted molar refractivity (Wildman–Crippen MR) is 100 cm³/mol. The molecule has 0 amide bonds. The predicted octanol–water partition coefficient (Wildman–Crippen LogP) is 5.57. The van der Waals surface area contributed by atoms with Crippen molar-refractivity contribution in [3.8, 4) is 11.4 Å². The van der Waals surface area contributed by atoms with Crippen molar-refractivity contribution < 1.29 is 0 Å². The van der Waals surface area contributed by atoms with E-state index in [0.29, 0.717) is 0 Å². The van der Waals surface area contributed by atoms with E-state index in [1.54, 1.807) is 0 Å². The fraction of sp³-hybridized carbons (Fsp3) is 0. The number of aromatic nitrogens is 2. The molecule has 0 fully saturated rings. The topological polar surface area (TPSA) is 9.86 Å². The van der Waals surface area contributed by atoms with E-state index in [4.69, 9.17) is 0 Å². The Hall–Kier alpha value is -3.26. The molecule has 0 bridgehead atoms. The average molecular weight is 308 g/mol. The molecule has 5 aromatic rings.